The van der Waals surface area contributed by atoms with Gasteiger partial charge >= 0.3 is 0 Å². The standard InChI is InChI=1S/C49H31N3O/c1-2-15-33(16-3-1)49-51-45(31-46(52-49)41-20-7-6-19-40(41)44-25-10-11-27-50-44)36-29-34(38-22-12-17-32-14-4-5-18-37(32)38)28-35(30-36)39-23-13-24-43-42-21-8-9-26-47(42)53-48(39)43/h1-31H. The SMILES string of the molecule is c1ccc(-c2nc(-c3cc(-c4cccc5ccccc45)cc(-c4cccc5c4oc4ccccc45)c3)cc(-c3ccccc3-c3ccccn3)n2)cc1. The van der Waals surface area contributed by atoms with Gasteiger partial charge < -0.3 is 4.42 Å². The molecule has 0 aliphatic carbocycles. The Morgan fingerprint density at radius 3 is 1.81 bits per heavy atom. The van der Waals surface area contributed by atoms with E-state index in [0.29, 0.717) is 5.82 Å². The zero-order chi connectivity index (χ0) is 35.1. The Morgan fingerprint density at radius 2 is 0.962 bits per heavy atom. The molecule has 0 unspecified atom stereocenters. The van der Waals surface area contributed by atoms with E-state index in [1.165, 1.54) is 10.8 Å². The molecule has 7 aromatic carbocycles. The Kier molecular flexibility index (Phi) is 7.43. The molecule has 10 aromatic rings. The summed E-state index contributed by atoms with van der Waals surface area (Å²) < 4.78 is 6.58. The molecular formula is C49H31N3O. The van der Waals surface area contributed by atoms with Crippen molar-refractivity contribution in [1.82, 2.24) is 15.0 Å². The first-order valence-electron chi connectivity index (χ1n) is 17.8. The lowest BCUT2D eigenvalue weighted by Crippen LogP contribution is -1.98. The fourth-order valence-corrected chi connectivity index (χ4v) is 7.44. The molecule has 0 saturated heterocycles. The average Bonchev–Trinajstić information content (AvgIpc) is 3.63. The Balaban J connectivity index is 1.25. The van der Waals surface area contributed by atoms with Crippen molar-refractivity contribution in [2.45, 2.75) is 0 Å². The van der Waals surface area contributed by atoms with Crippen LogP contribution in [0.2, 0.25) is 0 Å². The van der Waals surface area contributed by atoms with Crippen molar-refractivity contribution in [3.8, 4) is 67.4 Å². The highest BCUT2D eigenvalue weighted by Gasteiger charge is 2.18. The average molecular weight is 678 g/mol. The van der Waals surface area contributed by atoms with Crippen LogP contribution < -0.4 is 0 Å². The largest absolute Gasteiger partial charge is 0.455 e. The lowest BCUT2D eigenvalue weighted by Gasteiger charge is -2.15. The maximum Gasteiger partial charge on any atom is 0.160 e. The Morgan fingerprint density at radius 1 is 0.358 bits per heavy atom. The molecule has 53 heavy (non-hydrogen) atoms. The van der Waals surface area contributed by atoms with E-state index in [1.54, 1.807) is 0 Å². The van der Waals surface area contributed by atoms with Crippen molar-refractivity contribution in [3.63, 3.8) is 0 Å². The van der Waals surface area contributed by atoms with Gasteiger partial charge in [-0.1, -0.05) is 140 Å². The molecule has 0 radical (unpaired) electrons. The number of nitrogens with zero attached hydrogens (tertiary/aromatic N) is 3. The monoisotopic (exact) mass is 677 g/mol. The van der Waals surface area contributed by atoms with Crippen LogP contribution in [0.15, 0.2) is 193 Å². The Bertz CT molecular complexity index is 2940. The maximum atomic E-state index is 6.58. The van der Waals surface area contributed by atoms with Crippen LogP contribution in [0.4, 0.5) is 0 Å². The molecule has 0 aliphatic heterocycles. The van der Waals surface area contributed by atoms with Gasteiger partial charge in [0.1, 0.15) is 11.2 Å². The quantitative estimate of drug-likeness (QED) is 0.176. The molecule has 4 heteroatoms. The molecule has 0 fully saturated rings. The summed E-state index contributed by atoms with van der Waals surface area (Å²) in [6.45, 7) is 0. The smallest absolute Gasteiger partial charge is 0.160 e. The van der Waals surface area contributed by atoms with E-state index in [0.717, 1.165) is 83.5 Å². The van der Waals surface area contributed by atoms with Crippen LogP contribution in [-0.2, 0) is 0 Å². The molecule has 0 aliphatic rings. The predicted octanol–water partition coefficient (Wildman–Crippen LogP) is 12.9. The van der Waals surface area contributed by atoms with Gasteiger partial charge in [-0.2, -0.15) is 0 Å². The molecule has 0 amide bonds. The number of rotatable bonds is 6. The first kappa shape index (κ1) is 30.6. The second kappa shape index (κ2) is 12.9. The number of pyridine rings is 1. The van der Waals surface area contributed by atoms with Crippen LogP contribution in [0.25, 0.3) is 100 Å². The van der Waals surface area contributed by atoms with Crippen LogP contribution in [0.1, 0.15) is 0 Å². The molecule has 10 rings (SSSR count). The molecule has 0 spiro atoms. The van der Waals surface area contributed by atoms with Crippen LogP contribution >= 0.6 is 0 Å². The van der Waals surface area contributed by atoms with Crippen molar-refractivity contribution >= 4 is 32.7 Å². The lowest BCUT2D eigenvalue weighted by atomic mass is 9.91. The molecular weight excluding hydrogens is 647 g/mol. The minimum absolute atomic E-state index is 0.658. The molecule has 0 atom stereocenters. The number of furan rings is 1. The van der Waals surface area contributed by atoms with Gasteiger partial charge in [-0.05, 0) is 69.9 Å². The summed E-state index contributed by atoms with van der Waals surface area (Å²) in [5, 5.41) is 4.59. The summed E-state index contributed by atoms with van der Waals surface area (Å²) in [4.78, 5) is 15.2. The maximum absolute atomic E-state index is 6.58. The summed E-state index contributed by atoms with van der Waals surface area (Å²) in [6.07, 6.45) is 1.83. The van der Waals surface area contributed by atoms with Gasteiger partial charge in [0.15, 0.2) is 5.82 Å². The van der Waals surface area contributed by atoms with Crippen LogP contribution in [0.3, 0.4) is 0 Å². The number of benzene rings is 7. The van der Waals surface area contributed by atoms with E-state index in [-0.39, 0.29) is 0 Å². The number of para-hydroxylation sites is 2. The third-order valence-corrected chi connectivity index (χ3v) is 9.95. The number of fused-ring (bicyclic) bond motifs is 4. The Labute approximate surface area is 306 Å². The summed E-state index contributed by atoms with van der Waals surface area (Å²) in [5.74, 6) is 0.658. The van der Waals surface area contributed by atoms with Crippen molar-refractivity contribution in [2.24, 2.45) is 0 Å². The van der Waals surface area contributed by atoms with Crippen molar-refractivity contribution in [3.05, 3.63) is 188 Å². The van der Waals surface area contributed by atoms with Crippen LogP contribution in [-0.4, -0.2) is 15.0 Å². The summed E-state index contributed by atoms with van der Waals surface area (Å²) in [6, 6.07) is 63.1. The normalized spacial score (nSPS) is 11.4. The van der Waals surface area contributed by atoms with Gasteiger partial charge in [0.05, 0.1) is 17.1 Å². The summed E-state index contributed by atoms with van der Waals surface area (Å²) in [7, 11) is 0. The van der Waals surface area contributed by atoms with Gasteiger partial charge in [0.25, 0.3) is 0 Å². The summed E-state index contributed by atoms with van der Waals surface area (Å²) >= 11 is 0. The van der Waals surface area contributed by atoms with Gasteiger partial charge in [-0.15, -0.1) is 0 Å². The van der Waals surface area contributed by atoms with E-state index >= 15 is 0 Å². The zero-order valence-corrected chi connectivity index (χ0v) is 28.6. The van der Waals surface area contributed by atoms with Gasteiger partial charge in [0.2, 0.25) is 0 Å². The molecule has 0 bridgehead atoms. The van der Waals surface area contributed by atoms with Crippen molar-refractivity contribution in [1.29, 1.82) is 0 Å². The third kappa shape index (κ3) is 5.54. The highest BCUT2D eigenvalue weighted by Crippen LogP contribution is 2.41. The van der Waals surface area contributed by atoms with E-state index < -0.39 is 0 Å². The minimum atomic E-state index is 0.658. The molecule has 3 aromatic heterocycles. The molecule has 0 N–H and O–H groups in total. The van der Waals surface area contributed by atoms with E-state index in [1.807, 2.05) is 60.8 Å². The van der Waals surface area contributed by atoms with Crippen molar-refractivity contribution in [2.75, 3.05) is 0 Å². The third-order valence-electron chi connectivity index (χ3n) is 9.95. The zero-order valence-electron chi connectivity index (χ0n) is 28.6. The fraction of sp³-hybridized carbons (Fsp3) is 0. The summed E-state index contributed by atoms with van der Waals surface area (Å²) in [5.41, 5.74) is 12.5. The fourth-order valence-electron chi connectivity index (χ4n) is 7.44. The topological polar surface area (TPSA) is 51.8 Å². The molecule has 3 heterocycles. The predicted molar refractivity (Wildman–Crippen MR) is 217 cm³/mol. The Hall–Kier alpha value is -7.17. The lowest BCUT2D eigenvalue weighted by molar-refractivity contribution is 0.670. The second-order valence-corrected chi connectivity index (χ2v) is 13.2. The number of hydrogen-bond donors (Lipinski definition) is 0. The molecule has 4 nitrogen and oxygen atoms in total. The van der Waals surface area contributed by atoms with Crippen LogP contribution in [0, 0.1) is 0 Å². The van der Waals surface area contributed by atoms with Crippen molar-refractivity contribution < 1.29 is 4.42 Å². The highest BCUT2D eigenvalue weighted by atomic mass is 16.3. The van der Waals surface area contributed by atoms with Gasteiger partial charge in [0, 0.05) is 44.8 Å². The van der Waals surface area contributed by atoms with E-state index in [4.69, 9.17) is 19.4 Å². The number of aromatic nitrogens is 3. The number of hydrogen-bond acceptors (Lipinski definition) is 4. The molecule has 248 valence electrons. The minimum Gasteiger partial charge on any atom is -0.455 e. The highest BCUT2D eigenvalue weighted by molar-refractivity contribution is 6.10. The van der Waals surface area contributed by atoms with Gasteiger partial charge in [-0.3, -0.25) is 4.98 Å². The van der Waals surface area contributed by atoms with Crippen LogP contribution in [0.5, 0.6) is 0 Å². The molecule has 0 saturated carbocycles. The first-order valence-corrected chi connectivity index (χ1v) is 17.8. The van der Waals surface area contributed by atoms with E-state index in [9.17, 15) is 0 Å². The van der Waals surface area contributed by atoms with Gasteiger partial charge in [-0.25, -0.2) is 9.97 Å². The first-order chi connectivity index (χ1) is 26.3. The second-order valence-electron chi connectivity index (χ2n) is 13.2. The van der Waals surface area contributed by atoms with E-state index in [2.05, 4.69) is 127 Å².